The van der Waals surface area contributed by atoms with Crippen LogP contribution in [0.2, 0.25) is 0 Å². The van der Waals surface area contributed by atoms with Crippen LogP contribution in [0.15, 0.2) is 30.3 Å². The van der Waals surface area contributed by atoms with E-state index >= 15 is 0 Å². The van der Waals surface area contributed by atoms with Gasteiger partial charge in [-0.1, -0.05) is 18.2 Å². The molecule has 3 N–H and O–H groups in total. The molecule has 2 aromatic rings. The molecule has 0 aliphatic carbocycles. The van der Waals surface area contributed by atoms with Crippen molar-refractivity contribution in [2.24, 2.45) is 0 Å². The van der Waals surface area contributed by atoms with Gasteiger partial charge in [-0.05, 0) is 13.0 Å². The van der Waals surface area contributed by atoms with Gasteiger partial charge < -0.3 is 20.1 Å². The van der Waals surface area contributed by atoms with Crippen molar-refractivity contribution in [2.75, 3.05) is 7.05 Å². The number of carbonyl (C=O) groups is 2. The Labute approximate surface area is 125 Å². The standard InChI is InChI=1S/C15H15FN2O4/c1-8(9-5-3-4-6-10(9)16)22-12-7-11(15(20)21)18-13(12)14(19)17-2/h3-8,18H,1-2H3,(H,17,19)(H,20,21)/t8-/m0/s1. The summed E-state index contributed by atoms with van der Waals surface area (Å²) in [7, 11) is 1.41. The number of aromatic nitrogens is 1. The Balaban J connectivity index is 2.34. The highest BCUT2D eigenvalue weighted by Crippen LogP contribution is 2.27. The number of aromatic amines is 1. The summed E-state index contributed by atoms with van der Waals surface area (Å²) in [4.78, 5) is 25.2. The van der Waals surface area contributed by atoms with Crippen LogP contribution in [0.3, 0.4) is 0 Å². The van der Waals surface area contributed by atoms with Crippen LogP contribution >= 0.6 is 0 Å². The molecule has 1 atom stereocenters. The van der Waals surface area contributed by atoms with E-state index in [0.29, 0.717) is 5.56 Å². The summed E-state index contributed by atoms with van der Waals surface area (Å²) in [5.41, 5.74) is 0.0980. The second-order valence-corrected chi connectivity index (χ2v) is 4.59. The maximum absolute atomic E-state index is 13.7. The average molecular weight is 306 g/mol. The number of benzene rings is 1. The molecule has 7 heteroatoms. The normalized spacial score (nSPS) is 11.8. The zero-order chi connectivity index (χ0) is 16.3. The molecule has 22 heavy (non-hydrogen) atoms. The van der Waals surface area contributed by atoms with Crippen LogP contribution in [0.1, 0.15) is 39.6 Å². The van der Waals surface area contributed by atoms with Gasteiger partial charge in [0.2, 0.25) is 0 Å². The largest absolute Gasteiger partial charge is 0.483 e. The Bertz CT molecular complexity index is 711. The van der Waals surface area contributed by atoms with Gasteiger partial charge in [-0.25, -0.2) is 9.18 Å². The fourth-order valence-electron chi connectivity index (χ4n) is 2.00. The lowest BCUT2D eigenvalue weighted by atomic mass is 10.1. The molecule has 0 saturated carbocycles. The second-order valence-electron chi connectivity index (χ2n) is 4.59. The van der Waals surface area contributed by atoms with Gasteiger partial charge in [0, 0.05) is 18.7 Å². The molecule has 2 rings (SSSR count). The molecule has 0 aliphatic rings. The zero-order valence-corrected chi connectivity index (χ0v) is 12.0. The summed E-state index contributed by atoms with van der Waals surface area (Å²) in [6.45, 7) is 1.61. The van der Waals surface area contributed by atoms with Gasteiger partial charge in [0.25, 0.3) is 5.91 Å². The van der Waals surface area contributed by atoms with Crippen molar-refractivity contribution in [3.05, 3.63) is 53.1 Å². The van der Waals surface area contributed by atoms with Crippen molar-refractivity contribution in [2.45, 2.75) is 13.0 Å². The van der Waals surface area contributed by atoms with Crippen LogP contribution in [0.4, 0.5) is 4.39 Å². The number of carbonyl (C=O) groups excluding carboxylic acids is 1. The maximum Gasteiger partial charge on any atom is 0.352 e. The van der Waals surface area contributed by atoms with E-state index in [-0.39, 0.29) is 17.1 Å². The van der Waals surface area contributed by atoms with Crippen LogP contribution in [-0.4, -0.2) is 29.0 Å². The molecule has 0 bridgehead atoms. The number of aromatic carboxylic acids is 1. The fraction of sp³-hybridized carbons (Fsp3) is 0.200. The first-order valence-corrected chi connectivity index (χ1v) is 6.53. The number of halogens is 1. The van der Waals surface area contributed by atoms with Gasteiger partial charge in [-0.15, -0.1) is 0 Å². The third kappa shape index (κ3) is 3.08. The topological polar surface area (TPSA) is 91.4 Å². The molecule has 116 valence electrons. The SMILES string of the molecule is CNC(=O)c1[nH]c(C(=O)O)cc1O[C@@H](C)c1ccccc1F. The van der Waals surface area contributed by atoms with Crippen LogP contribution < -0.4 is 10.1 Å². The first kappa shape index (κ1) is 15.6. The molecular formula is C15H15FN2O4. The Hall–Kier alpha value is -2.83. The molecule has 0 aliphatic heterocycles. The van der Waals surface area contributed by atoms with Gasteiger partial charge in [-0.3, -0.25) is 4.79 Å². The number of carboxylic acids is 1. The van der Waals surface area contributed by atoms with E-state index in [1.807, 2.05) is 0 Å². The molecule has 1 aromatic carbocycles. The third-order valence-electron chi connectivity index (χ3n) is 3.11. The molecular weight excluding hydrogens is 291 g/mol. The highest BCUT2D eigenvalue weighted by Gasteiger charge is 2.22. The summed E-state index contributed by atoms with van der Waals surface area (Å²) >= 11 is 0. The summed E-state index contributed by atoms with van der Waals surface area (Å²) in [5, 5.41) is 11.4. The molecule has 0 saturated heterocycles. The first-order valence-electron chi connectivity index (χ1n) is 6.53. The van der Waals surface area contributed by atoms with Gasteiger partial charge >= 0.3 is 5.97 Å². The molecule has 1 heterocycles. The van der Waals surface area contributed by atoms with Crippen LogP contribution in [0.25, 0.3) is 0 Å². The number of H-pyrrole nitrogens is 1. The third-order valence-corrected chi connectivity index (χ3v) is 3.11. The number of ether oxygens (including phenoxy) is 1. The first-order chi connectivity index (χ1) is 10.4. The number of amides is 1. The lowest BCUT2D eigenvalue weighted by Crippen LogP contribution is -2.19. The Kier molecular flexibility index (Phi) is 4.45. The highest BCUT2D eigenvalue weighted by atomic mass is 19.1. The fourth-order valence-corrected chi connectivity index (χ4v) is 2.00. The van der Waals surface area contributed by atoms with Gasteiger partial charge in [0.1, 0.15) is 23.3 Å². The van der Waals surface area contributed by atoms with E-state index in [1.165, 1.54) is 19.2 Å². The Morgan fingerprint density at radius 1 is 1.36 bits per heavy atom. The van der Waals surface area contributed by atoms with Crippen LogP contribution in [0.5, 0.6) is 5.75 Å². The van der Waals surface area contributed by atoms with E-state index in [0.717, 1.165) is 0 Å². The molecule has 0 fully saturated rings. The summed E-state index contributed by atoms with van der Waals surface area (Å²) in [5.74, 6) is -2.14. The van der Waals surface area contributed by atoms with Crippen molar-refractivity contribution >= 4 is 11.9 Å². The minimum absolute atomic E-state index is 0.0249. The minimum atomic E-state index is -1.22. The molecule has 1 aromatic heterocycles. The van der Waals surface area contributed by atoms with E-state index in [2.05, 4.69) is 10.3 Å². The number of carboxylic acid groups (broad SMARTS) is 1. The highest BCUT2D eigenvalue weighted by molar-refractivity contribution is 5.97. The predicted octanol–water partition coefficient (Wildman–Crippen LogP) is 2.35. The second kappa shape index (κ2) is 6.30. The molecule has 6 nitrogen and oxygen atoms in total. The summed E-state index contributed by atoms with van der Waals surface area (Å²) in [6.07, 6.45) is -0.693. The lowest BCUT2D eigenvalue weighted by Gasteiger charge is -2.15. The Morgan fingerprint density at radius 2 is 2.05 bits per heavy atom. The molecule has 0 unspecified atom stereocenters. The van der Waals surface area contributed by atoms with Crippen molar-refractivity contribution in [1.29, 1.82) is 0 Å². The quantitative estimate of drug-likeness (QED) is 0.790. The summed E-state index contributed by atoms with van der Waals surface area (Å²) in [6, 6.07) is 7.28. The number of hydrogen-bond acceptors (Lipinski definition) is 3. The van der Waals surface area contributed by atoms with Gasteiger partial charge in [0.05, 0.1) is 0 Å². The van der Waals surface area contributed by atoms with E-state index in [1.54, 1.807) is 25.1 Å². The van der Waals surface area contributed by atoms with E-state index in [9.17, 15) is 14.0 Å². The van der Waals surface area contributed by atoms with E-state index in [4.69, 9.17) is 9.84 Å². The van der Waals surface area contributed by atoms with Crippen LogP contribution in [-0.2, 0) is 0 Å². The molecule has 0 radical (unpaired) electrons. The van der Waals surface area contributed by atoms with Gasteiger partial charge in [-0.2, -0.15) is 0 Å². The molecule has 1 amide bonds. The van der Waals surface area contributed by atoms with E-state index < -0.39 is 23.8 Å². The predicted molar refractivity (Wildman–Crippen MR) is 76.6 cm³/mol. The monoisotopic (exact) mass is 306 g/mol. The van der Waals surface area contributed by atoms with Crippen molar-refractivity contribution < 1.29 is 23.8 Å². The van der Waals surface area contributed by atoms with Crippen molar-refractivity contribution in [3.63, 3.8) is 0 Å². The summed E-state index contributed by atoms with van der Waals surface area (Å²) < 4.78 is 19.3. The van der Waals surface area contributed by atoms with Crippen molar-refractivity contribution in [3.8, 4) is 5.75 Å². The maximum atomic E-state index is 13.7. The van der Waals surface area contributed by atoms with Gasteiger partial charge in [0.15, 0.2) is 5.75 Å². The smallest absolute Gasteiger partial charge is 0.352 e. The zero-order valence-electron chi connectivity index (χ0n) is 12.0. The average Bonchev–Trinajstić information content (AvgIpc) is 2.91. The number of hydrogen-bond donors (Lipinski definition) is 3. The molecule has 0 spiro atoms. The van der Waals surface area contributed by atoms with Crippen molar-refractivity contribution in [1.82, 2.24) is 10.3 Å². The van der Waals surface area contributed by atoms with Crippen LogP contribution in [0, 0.1) is 5.82 Å². The number of nitrogens with one attached hydrogen (secondary N) is 2. The lowest BCUT2D eigenvalue weighted by molar-refractivity contribution is 0.0691. The minimum Gasteiger partial charge on any atom is -0.483 e. The number of rotatable bonds is 5. The Morgan fingerprint density at radius 3 is 2.64 bits per heavy atom.